The highest BCUT2D eigenvalue weighted by molar-refractivity contribution is 7.80. The number of carboxylic acids is 2. The van der Waals surface area contributed by atoms with Gasteiger partial charge < -0.3 is 30.2 Å². The van der Waals surface area contributed by atoms with Gasteiger partial charge in [0.25, 0.3) is 0 Å². The molecule has 0 radical (unpaired) electrons. The summed E-state index contributed by atoms with van der Waals surface area (Å²) in [5, 5.41) is 25.6. The van der Waals surface area contributed by atoms with Crippen LogP contribution >= 0.6 is 12.2 Å². The number of benzene rings is 2. The molecule has 1 fully saturated rings. The summed E-state index contributed by atoms with van der Waals surface area (Å²) in [6.45, 7) is 2.23. The van der Waals surface area contributed by atoms with Crippen LogP contribution in [0.4, 0.5) is 5.69 Å². The number of hydrogen-bond acceptors (Lipinski definition) is 6. The molecule has 208 valence electrons. The van der Waals surface area contributed by atoms with Crippen LogP contribution in [0.1, 0.15) is 56.2 Å². The number of thiocarbonyl (C=S) groups is 1. The third-order valence-corrected chi connectivity index (χ3v) is 7.06. The molecule has 1 amide bonds. The van der Waals surface area contributed by atoms with E-state index < -0.39 is 24.0 Å². The highest BCUT2D eigenvalue weighted by Gasteiger charge is 2.41. The van der Waals surface area contributed by atoms with Gasteiger partial charge in [-0.15, -0.1) is 0 Å². The first-order valence-corrected chi connectivity index (χ1v) is 13.2. The van der Waals surface area contributed by atoms with Gasteiger partial charge in [-0.3, -0.25) is 9.78 Å². The van der Waals surface area contributed by atoms with Gasteiger partial charge in [0, 0.05) is 30.4 Å². The maximum atomic E-state index is 12.8. The SMILES string of the molecule is Cc1cccc(NC(=O)CCN2C(=S)N[C@H](c3ccccn3)[C@@H]2c2ccc(-c3cc(C(=O)O)cc(C(=O)O)c3)o2)c1. The monoisotopic (exact) mass is 570 g/mol. The fraction of sp³-hybridized carbons (Fsp3) is 0.167. The molecule has 4 aromatic rings. The molecule has 1 saturated heterocycles. The van der Waals surface area contributed by atoms with Crippen molar-refractivity contribution in [1.29, 1.82) is 0 Å². The number of hydrogen-bond donors (Lipinski definition) is 4. The van der Waals surface area contributed by atoms with Gasteiger partial charge in [-0.2, -0.15) is 0 Å². The predicted molar refractivity (Wildman–Crippen MR) is 155 cm³/mol. The van der Waals surface area contributed by atoms with Gasteiger partial charge in [0.1, 0.15) is 17.6 Å². The first-order chi connectivity index (χ1) is 19.7. The Kier molecular flexibility index (Phi) is 7.79. The lowest BCUT2D eigenvalue weighted by atomic mass is 10.0. The molecular weight excluding hydrogens is 544 g/mol. The summed E-state index contributed by atoms with van der Waals surface area (Å²) in [6.07, 6.45) is 1.82. The van der Waals surface area contributed by atoms with Gasteiger partial charge in [0.2, 0.25) is 5.91 Å². The van der Waals surface area contributed by atoms with E-state index in [2.05, 4.69) is 15.6 Å². The summed E-state index contributed by atoms with van der Waals surface area (Å²) in [5.74, 6) is -1.90. The first kappa shape index (κ1) is 27.5. The summed E-state index contributed by atoms with van der Waals surface area (Å²) in [4.78, 5) is 42.4. The number of nitrogens with zero attached hydrogens (tertiary/aromatic N) is 2. The second kappa shape index (κ2) is 11.6. The molecule has 3 heterocycles. The van der Waals surface area contributed by atoms with E-state index in [9.17, 15) is 24.6 Å². The minimum atomic E-state index is -1.25. The van der Waals surface area contributed by atoms with Crippen molar-refractivity contribution in [1.82, 2.24) is 15.2 Å². The predicted octanol–water partition coefficient (Wildman–Crippen LogP) is 5.05. The van der Waals surface area contributed by atoms with E-state index in [0.717, 1.165) is 11.6 Å². The molecule has 0 spiro atoms. The molecule has 0 bridgehead atoms. The number of amides is 1. The zero-order valence-corrected chi connectivity index (χ0v) is 22.7. The van der Waals surface area contributed by atoms with Crippen LogP contribution in [0.3, 0.4) is 0 Å². The molecule has 0 aliphatic carbocycles. The fourth-order valence-corrected chi connectivity index (χ4v) is 5.14. The maximum absolute atomic E-state index is 12.8. The summed E-state index contributed by atoms with van der Waals surface area (Å²) in [6, 6.07) is 19.4. The minimum Gasteiger partial charge on any atom is -0.478 e. The van der Waals surface area contributed by atoms with Gasteiger partial charge in [-0.1, -0.05) is 18.2 Å². The van der Waals surface area contributed by atoms with Gasteiger partial charge in [-0.25, -0.2) is 9.59 Å². The molecule has 2 aromatic carbocycles. The Labute approximate surface area is 240 Å². The van der Waals surface area contributed by atoms with Gasteiger partial charge in [0.15, 0.2) is 5.11 Å². The molecule has 0 unspecified atom stereocenters. The van der Waals surface area contributed by atoms with Crippen LogP contribution in [-0.2, 0) is 4.79 Å². The van der Waals surface area contributed by atoms with Crippen molar-refractivity contribution >= 4 is 40.9 Å². The van der Waals surface area contributed by atoms with Crippen molar-refractivity contribution in [2.45, 2.75) is 25.4 Å². The molecule has 5 rings (SSSR count). The second-order valence-corrected chi connectivity index (χ2v) is 9.99. The third-order valence-electron chi connectivity index (χ3n) is 6.71. The number of rotatable bonds is 9. The lowest BCUT2D eigenvalue weighted by Crippen LogP contribution is -2.32. The summed E-state index contributed by atoms with van der Waals surface area (Å²) >= 11 is 5.67. The standard InChI is InChI=1S/C30H26N4O6S/c1-17-5-4-6-21(13-17)32-25(35)10-12-34-27(26(33-30(34)41)22-7-2-3-11-31-22)24-9-8-23(40-24)18-14-19(28(36)37)16-20(15-18)29(38)39/h2-9,11,13-16,26-27H,10,12H2,1H3,(H,32,35)(H,33,41)(H,36,37)(H,38,39)/t26-,27+/m1/s1. The van der Waals surface area contributed by atoms with Crippen molar-refractivity contribution in [3.8, 4) is 11.3 Å². The van der Waals surface area contributed by atoms with Crippen molar-refractivity contribution < 1.29 is 29.0 Å². The van der Waals surface area contributed by atoms with Gasteiger partial charge in [-0.05, 0) is 79.3 Å². The van der Waals surface area contributed by atoms with Gasteiger partial charge in [0.05, 0.1) is 22.9 Å². The average Bonchev–Trinajstić information content (AvgIpc) is 3.56. The summed E-state index contributed by atoms with van der Waals surface area (Å²) in [5.41, 5.74) is 2.42. The van der Waals surface area contributed by atoms with Crippen molar-refractivity contribution in [3.63, 3.8) is 0 Å². The number of carbonyl (C=O) groups is 3. The Morgan fingerprint density at radius 2 is 1.76 bits per heavy atom. The number of anilines is 1. The van der Waals surface area contributed by atoms with E-state index in [1.54, 1.807) is 24.4 Å². The number of nitrogens with one attached hydrogen (secondary N) is 2. The number of furan rings is 1. The van der Waals surface area contributed by atoms with Crippen LogP contribution in [0.2, 0.25) is 0 Å². The van der Waals surface area contributed by atoms with Crippen LogP contribution in [0.15, 0.2) is 83.4 Å². The van der Waals surface area contributed by atoms with Crippen LogP contribution in [0, 0.1) is 6.92 Å². The molecule has 10 nitrogen and oxygen atoms in total. The Morgan fingerprint density at radius 1 is 1.00 bits per heavy atom. The molecule has 1 aliphatic rings. The van der Waals surface area contributed by atoms with E-state index in [-0.39, 0.29) is 30.0 Å². The molecule has 2 atom stereocenters. The summed E-state index contributed by atoms with van der Waals surface area (Å²) in [7, 11) is 0. The molecule has 0 saturated carbocycles. The minimum absolute atomic E-state index is 0.150. The second-order valence-electron chi connectivity index (χ2n) is 9.60. The lowest BCUT2D eigenvalue weighted by molar-refractivity contribution is -0.116. The maximum Gasteiger partial charge on any atom is 0.335 e. The lowest BCUT2D eigenvalue weighted by Gasteiger charge is -2.25. The van der Waals surface area contributed by atoms with Crippen LogP contribution in [0.25, 0.3) is 11.3 Å². The number of carboxylic acid groups (broad SMARTS) is 2. The normalized spacial score (nSPS) is 16.3. The van der Waals surface area contributed by atoms with Crippen LogP contribution in [0.5, 0.6) is 0 Å². The topological polar surface area (TPSA) is 145 Å². The van der Waals surface area contributed by atoms with Crippen molar-refractivity contribution in [2.75, 3.05) is 11.9 Å². The fourth-order valence-electron chi connectivity index (χ4n) is 4.81. The van der Waals surface area contributed by atoms with E-state index in [1.165, 1.54) is 12.1 Å². The third kappa shape index (κ3) is 6.10. The van der Waals surface area contributed by atoms with E-state index >= 15 is 0 Å². The molecule has 4 N–H and O–H groups in total. The highest BCUT2D eigenvalue weighted by atomic mass is 32.1. The Balaban J connectivity index is 1.45. The number of pyridine rings is 1. The summed E-state index contributed by atoms with van der Waals surface area (Å²) < 4.78 is 6.21. The molecule has 11 heteroatoms. The van der Waals surface area contributed by atoms with Crippen molar-refractivity contribution in [3.05, 3.63) is 107 Å². The smallest absolute Gasteiger partial charge is 0.335 e. The Morgan fingerprint density at radius 3 is 2.41 bits per heavy atom. The van der Waals surface area contributed by atoms with E-state index in [4.69, 9.17) is 16.6 Å². The van der Waals surface area contributed by atoms with Gasteiger partial charge >= 0.3 is 11.9 Å². The average molecular weight is 571 g/mol. The number of aromatic carboxylic acids is 2. The number of aromatic nitrogens is 1. The highest BCUT2D eigenvalue weighted by Crippen LogP contribution is 2.40. The molecule has 2 aromatic heterocycles. The number of aryl methyl sites for hydroxylation is 1. The molecule has 41 heavy (non-hydrogen) atoms. The van der Waals surface area contributed by atoms with Crippen LogP contribution < -0.4 is 10.6 Å². The molecular formula is C30H26N4O6S. The number of carbonyl (C=O) groups excluding carboxylic acids is 1. The first-order valence-electron chi connectivity index (χ1n) is 12.8. The zero-order chi connectivity index (χ0) is 29.1. The zero-order valence-electron chi connectivity index (χ0n) is 21.9. The molecule has 1 aliphatic heterocycles. The largest absolute Gasteiger partial charge is 0.478 e. The Hall–Kier alpha value is -5.03. The van der Waals surface area contributed by atoms with Crippen LogP contribution in [-0.4, -0.2) is 49.6 Å². The quantitative estimate of drug-likeness (QED) is 0.202. The van der Waals surface area contributed by atoms with Crippen molar-refractivity contribution in [2.24, 2.45) is 0 Å². The van der Waals surface area contributed by atoms with E-state index in [0.29, 0.717) is 33.6 Å². The Bertz CT molecular complexity index is 1600. The van der Waals surface area contributed by atoms with E-state index in [1.807, 2.05) is 48.2 Å².